The van der Waals surface area contributed by atoms with Crippen LogP contribution in [0.1, 0.15) is 19.3 Å². The molecule has 1 aromatic heterocycles. The molecule has 0 amide bonds. The van der Waals surface area contributed by atoms with Crippen LogP contribution in [0, 0.1) is 5.92 Å². The van der Waals surface area contributed by atoms with Crippen LogP contribution in [0.4, 0.5) is 0 Å². The fourth-order valence-corrected chi connectivity index (χ4v) is 5.34. The van der Waals surface area contributed by atoms with Crippen molar-refractivity contribution in [3.8, 4) is 0 Å². The van der Waals surface area contributed by atoms with Crippen molar-refractivity contribution in [3.63, 3.8) is 0 Å². The summed E-state index contributed by atoms with van der Waals surface area (Å²) in [5, 5.41) is 0.233. The van der Waals surface area contributed by atoms with Crippen LogP contribution >= 0.6 is 11.6 Å². The molecule has 9 heteroatoms. The topological polar surface area (TPSA) is 93.2 Å². The van der Waals surface area contributed by atoms with Gasteiger partial charge in [-0.2, -0.15) is 0 Å². The van der Waals surface area contributed by atoms with Crippen molar-refractivity contribution in [2.24, 2.45) is 5.92 Å². The van der Waals surface area contributed by atoms with Gasteiger partial charge in [0.2, 0.25) is 10.0 Å². The second-order valence-corrected chi connectivity index (χ2v) is 9.51. The molecule has 0 aromatic carbocycles. The van der Waals surface area contributed by atoms with E-state index in [1.54, 1.807) is 0 Å². The van der Waals surface area contributed by atoms with Crippen molar-refractivity contribution in [1.82, 2.24) is 9.71 Å². The molecule has 1 unspecified atom stereocenters. The number of nitrogens with one attached hydrogen (secondary N) is 1. The first kappa shape index (κ1) is 16.7. The molecule has 1 saturated heterocycles. The maximum atomic E-state index is 12.0. The second kappa shape index (κ2) is 6.60. The lowest BCUT2D eigenvalue weighted by Gasteiger charge is -2.09. The molecule has 2 heterocycles. The molecule has 0 spiro atoms. The molecule has 1 atom stereocenters. The van der Waals surface area contributed by atoms with Crippen LogP contribution in [-0.2, 0) is 19.9 Å². The first-order chi connectivity index (χ1) is 9.78. The lowest BCUT2D eigenvalue weighted by molar-refractivity contribution is 0.512. The van der Waals surface area contributed by atoms with Crippen LogP contribution in [0.5, 0.6) is 0 Å². The van der Waals surface area contributed by atoms with Crippen molar-refractivity contribution in [2.75, 3.05) is 18.1 Å². The number of nitrogens with zero attached hydrogens (tertiary/aromatic N) is 1. The Morgan fingerprint density at radius 1 is 1.38 bits per heavy atom. The van der Waals surface area contributed by atoms with Gasteiger partial charge in [0.15, 0.2) is 9.84 Å². The molecule has 2 rings (SSSR count). The van der Waals surface area contributed by atoms with E-state index in [0.717, 1.165) is 0 Å². The molecule has 0 bridgehead atoms. The highest BCUT2D eigenvalue weighted by atomic mass is 35.5. The number of sulfone groups is 1. The quantitative estimate of drug-likeness (QED) is 0.614. The number of halogens is 1. The molecule has 1 aliphatic heterocycles. The smallest absolute Gasteiger partial charge is 0.242 e. The molecule has 0 aliphatic carbocycles. The molecule has 1 aromatic rings. The predicted molar refractivity (Wildman–Crippen MR) is 80.4 cm³/mol. The molecular weight excluding hydrogens is 336 g/mol. The Labute approximate surface area is 129 Å². The molecule has 6 nitrogen and oxygen atoms in total. The Bertz CT molecular complexity index is 686. The molecule has 0 radical (unpaired) electrons. The Hall–Kier alpha value is -0.700. The standard InChI is InChI=1S/C12H17ClN2O4S2/c13-12-4-3-11(8-14-12)21(18,19)15-6-1-2-10-5-7-20(16,17)9-10/h3-4,8,10,15H,1-2,5-7,9H2. The zero-order valence-corrected chi connectivity index (χ0v) is 13.7. The molecule has 1 aliphatic rings. The molecule has 0 saturated carbocycles. The zero-order chi connectivity index (χ0) is 15.5. The van der Waals surface area contributed by atoms with Gasteiger partial charge >= 0.3 is 0 Å². The third-order valence-corrected chi connectivity index (χ3v) is 6.93. The molecule has 118 valence electrons. The largest absolute Gasteiger partial charge is 0.243 e. The summed E-state index contributed by atoms with van der Waals surface area (Å²) in [7, 11) is -6.45. The summed E-state index contributed by atoms with van der Waals surface area (Å²) in [4.78, 5) is 3.80. The van der Waals surface area contributed by atoms with Crippen LogP contribution in [-0.4, -0.2) is 39.9 Å². The maximum absolute atomic E-state index is 12.0. The van der Waals surface area contributed by atoms with Crippen molar-refractivity contribution >= 4 is 31.5 Å². The highest BCUT2D eigenvalue weighted by Gasteiger charge is 2.27. The van der Waals surface area contributed by atoms with E-state index in [1.165, 1.54) is 18.3 Å². The van der Waals surface area contributed by atoms with Crippen molar-refractivity contribution in [1.29, 1.82) is 0 Å². The van der Waals surface area contributed by atoms with Crippen molar-refractivity contribution in [3.05, 3.63) is 23.5 Å². The minimum absolute atomic E-state index is 0.0651. The third kappa shape index (κ3) is 4.91. The zero-order valence-electron chi connectivity index (χ0n) is 11.3. The highest BCUT2D eigenvalue weighted by molar-refractivity contribution is 7.91. The molecular formula is C12H17ClN2O4S2. The first-order valence-corrected chi connectivity index (χ1v) is 10.3. The van der Waals surface area contributed by atoms with E-state index in [2.05, 4.69) is 9.71 Å². The van der Waals surface area contributed by atoms with Gasteiger partial charge in [-0.1, -0.05) is 11.6 Å². The van der Waals surface area contributed by atoms with E-state index < -0.39 is 19.9 Å². The van der Waals surface area contributed by atoms with Gasteiger partial charge in [-0.05, 0) is 37.3 Å². The summed E-state index contributed by atoms with van der Waals surface area (Å²) < 4.78 is 49.0. The molecule has 1 N–H and O–H groups in total. The minimum atomic E-state index is -3.59. The Morgan fingerprint density at radius 2 is 2.14 bits per heavy atom. The lowest BCUT2D eigenvalue weighted by atomic mass is 10.0. The summed E-state index contributed by atoms with van der Waals surface area (Å²) in [6.07, 6.45) is 3.20. The molecule has 1 fully saturated rings. The summed E-state index contributed by atoms with van der Waals surface area (Å²) >= 11 is 5.61. The van der Waals surface area contributed by atoms with Gasteiger partial charge in [0.1, 0.15) is 10.0 Å². The Balaban J connectivity index is 1.79. The van der Waals surface area contributed by atoms with E-state index in [4.69, 9.17) is 11.6 Å². The predicted octanol–water partition coefficient (Wildman–Crippen LogP) is 1.23. The van der Waals surface area contributed by atoms with Gasteiger partial charge in [-0.15, -0.1) is 0 Å². The summed E-state index contributed by atoms with van der Waals surface area (Å²) in [5.41, 5.74) is 0. The SMILES string of the molecule is O=S1(=O)CCC(CCCNS(=O)(=O)c2ccc(Cl)nc2)C1. The minimum Gasteiger partial charge on any atom is -0.243 e. The summed E-state index contributed by atoms with van der Waals surface area (Å²) in [5.74, 6) is 0.623. The van der Waals surface area contributed by atoms with Crippen molar-refractivity contribution in [2.45, 2.75) is 24.2 Å². The maximum Gasteiger partial charge on any atom is 0.242 e. The highest BCUT2D eigenvalue weighted by Crippen LogP contribution is 2.22. The van der Waals surface area contributed by atoms with Crippen LogP contribution in [0.15, 0.2) is 23.2 Å². The lowest BCUT2D eigenvalue weighted by Crippen LogP contribution is -2.25. The summed E-state index contributed by atoms with van der Waals surface area (Å²) in [6, 6.07) is 2.81. The van der Waals surface area contributed by atoms with Gasteiger partial charge in [-0.3, -0.25) is 0 Å². The first-order valence-electron chi connectivity index (χ1n) is 6.60. The van der Waals surface area contributed by atoms with E-state index in [1.807, 2.05) is 0 Å². The Kier molecular flexibility index (Phi) is 5.24. The number of sulfonamides is 1. The van der Waals surface area contributed by atoms with E-state index in [-0.39, 0.29) is 34.0 Å². The fourth-order valence-electron chi connectivity index (χ4n) is 2.30. The second-order valence-electron chi connectivity index (χ2n) is 5.13. The van der Waals surface area contributed by atoms with Gasteiger partial charge in [0.25, 0.3) is 0 Å². The van der Waals surface area contributed by atoms with Crippen LogP contribution in [0.2, 0.25) is 5.15 Å². The third-order valence-electron chi connectivity index (χ3n) is 3.42. The van der Waals surface area contributed by atoms with Crippen molar-refractivity contribution < 1.29 is 16.8 Å². The monoisotopic (exact) mass is 352 g/mol. The van der Waals surface area contributed by atoms with Crippen LogP contribution in [0.25, 0.3) is 0 Å². The van der Waals surface area contributed by atoms with Gasteiger partial charge in [0, 0.05) is 12.7 Å². The number of pyridine rings is 1. The normalized spacial score (nSPS) is 21.5. The van der Waals surface area contributed by atoms with Crippen LogP contribution in [0.3, 0.4) is 0 Å². The van der Waals surface area contributed by atoms with E-state index in [9.17, 15) is 16.8 Å². The fraction of sp³-hybridized carbons (Fsp3) is 0.583. The van der Waals surface area contributed by atoms with Gasteiger partial charge in [0.05, 0.1) is 11.5 Å². The Morgan fingerprint density at radius 3 is 2.71 bits per heavy atom. The number of aromatic nitrogens is 1. The average Bonchev–Trinajstić information content (AvgIpc) is 2.75. The van der Waals surface area contributed by atoms with Gasteiger partial charge in [-0.25, -0.2) is 26.5 Å². The van der Waals surface area contributed by atoms with E-state index >= 15 is 0 Å². The molecule has 21 heavy (non-hydrogen) atoms. The summed E-state index contributed by atoms with van der Waals surface area (Å²) in [6.45, 7) is 0.279. The van der Waals surface area contributed by atoms with Crippen LogP contribution < -0.4 is 4.72 Å². The number of hydrogen-bond acceptors (Lipinski definition) is 5. The van der Waals surface area contributed by atoms with E-state index in [0.29, 0.717) is 19.3 Å². The number of hydrogen-bond donors (Lipinski definition) is 1. The number of rotatable bonds is 6. The van der Waals surface area contributed by atoms with Gasteiger partial charge < -0.3 is 0 Å². The average molecular weight is 353 g/mol.